The zero-order valence-corrected chi connectivity index (χ0v) is 17.4. The number of aromatic nitrogens is 3. The maximum atomic E-state index is 10.2. The van der Waals surface area contributed by atoms with Crippen molar-refractivity contribution in [2.75, 3.05) is 17.2 Å². The number of nitrogens with one attached hydrogen (secondary N) is 2. The molecule has 1 fully saturated rings. The Hall–Kier alpha value is -2.72. The second-order valence-corrected chi connectivity index (χ2v) is 8.43. The lowest BCUT2D eigenvalue weighted by molar-refractivity contribution is 0.00926. The first-order chi connectivity index (χ1) is 13.9. The Bertz CT molecular complexity index is 876. The van der Waals surface area contributed by atoms with Crippen molar-refractivity contribution in [1.82, 2.24) is 15.0 Å². The molecule has 154 valence electrons. The van der Waals surface area contributed by atoms with Gasteiger partial charge in [-0.25, -0.2) is 4.98 Å². The summed E-state index contributed by atoms with van der Waals surface area (Å²) in [5.74, 6) is 1.05. The second kappa shape index (κ2) is 9.19. The van der Waals surface area contributed by atoms with E-state index in [2.05, 4.69) is 58.5 Å². The fraction of sp³-hybridized carbons (Fsp3) is 0.545. The van der Waals surface area contributed by atoms with Crippen molar-refractivity contribution in [3.63, 3.8) is 0 Å². The van der Waals surface area contributed by atoms with Crippen LogP contribution in [0.1, 0.15) is 56.7 Å². The van der Waals surface area contributed by atoms with E-state index in [0.717, 1.165) is 32.1 Å². The lowest BCUT2D eigenvalue weighted by Gasteiger charge is -2.40. The summed E-state index contributed by atoms with van der Waals surface area (Å²) < 4.78 is 0. The first-order valence-corrected chi connectivity index (χ1v) is 10.3. The van der Waals surface area contributed by atoms with Crippen molar-refractivity contribution >= 4 is 11.8 Å². The number of aliphatic hydroxyl groups excluding tert-OH is 1. The lowest BCUT2D eigenvalue weighted by atomic mass is 9.73. The maximum Gasteiger partial charge on any atom is 0.224 e. The molecule has 2 aromatic rings. The minimum atomic E-state index is -0.292. The van der Waals surface area contributed by atoms with Crippen molar-refractivity contribution in [1.29, 1.82) is 5.26 Å². The smallest absolute Gasteiger partial charge is 0.224 e. The molecule has 0 radical (unpaired) electrons. The molecular weight excluding hydrogens is 364 g/mol. The number of nitriles is 1. The fourth-order valence-electron chi connectivity index (χ4n) is 3.79. The summed E-state index contributed by atoms with van der Waals surface area (Å²) in [6, 6.07) is 4.50. The summed E-state index contributed by atoms with van der Waals surface area (Å²) in [5, 5.41) is 26.2. The normalized spacial score (nSPS) is 20.7. The second-order valence-electron chi connectivity index (χ2n) is 8.43. The molecule has 2 atom stereocenters. The quantitative estimate of drug-likeness (QED) is 0.661. The predicted octanol–water partition coefficient (Wildman–Crippen LogP) is 3.31. The number of rotatable bonds is 7. The predicted molar refractivity (Wildman–Crippen MR) is 114 cm³/mol. The molecule has 29 heavy (non-hydrogen) atoms. The summed E-state index contributed by atoms with van der Waals surface area (Å²) in [5.41, 5.74) is 2.67. The van der Waals surface area contributed by atoms with Crippen LogP contribution in [0.3, 0.4) is 0 Å². The number of nitrogens with zero attached hydrogens (tertiary/aromatic N) is 4. The van der Waals surface area contributed by atoms with Crippen LogP contribution in [0.5, 0.6) is 0 Å². The third-order valence-corrected chi connectivity index (χ3v) is 5.67. The van der Waals surface area contributed by atoms with Gasteiger partial charge in [-0.05, 0) is 48.6 Å². The topological polar surface area (TPSA) is 107 Å². The van der Waals surface area contributed by atoms with Gasteiger partial charge in [0, 0.05) is 25.0 Å². The Morgan fingerprint density at radius 2 is 2.03 bits per heavy atom. The largest absolute Gasteiger partial charge is 0.393 e. The third-order valence-electron chi connectivity index (χ3n) is 5.67. The van der Waals surface area contributed by atoms with E-state index in [0.29, 0.717) is 23.9 Å². The Labute approximate surface area is 172 Å². The summed E-state index contributed by atoms with van der Waals surface area (Å²) >= 11 is 0. The molecule has 0 aromatic carbocycles. The van der Waals surface area contributed by atoms with E-state index < -0.39 is 0 Å². The summed E-state index contributed by atoms with van der Waals surface area (Å²) in [7, 11) is 0. The van der Waals surface area contributed by atoms with Gasteiger partial charge in [0.05, 0.1) is 12.3 Å². The van der Waals surface area contributed by atoms with Crippen LogP contribution in [0.15, 0.2) is 24.7 Å². The van der Waals surface area contributed by atoms with E-state index in [4.69, 9.17) is 0 Å². The van der Waals surface area contributed by atoms with Crippen LogP contribution in [-0.4, -0.2) is 38.7 Å². The van der Waals surface area contributed by atoms with Crippen LogP contribution >= 0.6 is 0 Å². The van der Waals surface area contributed by atoms with E-state index in [1.807, 2.05) is 12.4 Å². The molecule has 0 bridgehead atoms. The van der Waals surface area contributed by atoms with Gasteiger partial charge in [-0.2, -0.15) is 10.2 Å². The van der Waals surface area contributed by atoms with E-state index in [9.17, 15) is 10.4 Å². The molecule has 0 aliphatic heterocycles. The molecule has 0 saturated heterocycles. The van der Waals surface area contributed by atoms with Gasteiger partial charge < -0.3 is 15.7 Å². The molecule has 1 aliphatic rings. The average Bonchev–Trinajstić information content (AvgIpc) is 2.71. The van der Waals surface area contributed by atoms with Crippen LogP contribution in [0.2, 0.25) is 0 Å². The van der Waals surface area contributed by atoms with Crippen LogP contribution in [-0.2, 0) is 12.8 Å². The molecule has 3 rings (SSSR count). The van der Waals surface area contributed by atoms with E-state index >= 15 is 0 Å². The Morgan fingerprint density at radius 3 is 2.76 bits per heavy atom. The van der Waals surface area contributed by atoms with Gasteiger partial charge in [0.2, 0.25) is 5.95 Å². The Kier molecular flexibility index (Phi) is 6.65. The summed E-state index contributed by atoms with van der Waals surface area (Å²) in [6.45, 7) is 6.95. The number of aliphatic hydroxyl groups is 1. The minimum Gasteiger partial charge on any atom is -0.393 e. The van der Waals surface area contributed by atoms with Crippen molar-refractivity contribution < 1.29 is 5.11 Å². The Balaban J connectivity index is 1.63. The highest BCUT2D eigenvalue weighted by molar-refractivity contribution is 5.54. The average molecular weight is 395 g/mol. The van der Waals surface area contributed by atoms with Crippen LogP contribution in [0.4, 0.5) is 11.8 Å². The van der Waals surface area contributed by atoms with Crippen LogP contribution in [0.25, 0.3) is 0 Å². The Morgan fingerprint density at radius 1 is 1.24 bits per heavy atom. The first-order valence-electron chi connectivity index (χ1n) is 10.3. The third kappa shape index (κ3) is 5.42. The number of pyridine rings is 1. The molecule has 2 heterocycles. The monoisotopic (exact) mass is 394 g/mol. The van der Waals surface area contributed by atoms with Gasteiger partial charge in [-0.1, -0.05) is 26.8 Å². The van der Waals surface area contributed by atoms with Gasteiger partial charge in [-0.3, -0.25) is 4.98 Å². The molecule has 0 spiro atoms. The zero-order chi connectivity index (χ0) is 20.9. The van der Waals surface area contributed by atoms with E-state index in [1.54, 1.807) is 6.20 Å². The highest BCUT2D eigenvalue weighted by Gasteiger charge is 2.35. The molecule has 3 N–H and O–H groups in total. The number of hydrogen-bond acceptors (Lipinski definition) is 7. The highest BCUT2D eigenvalue weighted by Crippen LogP contribution is 2.36. The molecule has 2 aromatic heterocycles. The fourth-order valence-corrected chi connectivity index (χ4v) is 3.79. The highest BCUT2D eigenvalue weighted by atomic mass is 16.3. The minimum absolute atomic E-state index is 0.155. The van der Waals surface area contributed by atoms with Crippen molar-refractivity contribution in [3.8, 4) is 6.07 Å². The maximum absolute atomic E-state index is 10.2. The molecule has 7 nitrogen and oxygen atoms in total. The van der Waals surface area contributed by atoms with Crippen molar-refractivity contribution in [2.24, 2.45) is 5.41 Å². The van der Waals surface area contributed by atoms with E-state index in [-0.39, 0.29) is 17.6 Å². The molecule has 1 aliphatic carbocycles. The van der Waals surface area contributed by atoms with E-state index in [1.165, 1.54) is 11.1 Å². The molecule has 1 saturated carbocycles. The number of hydrogen-bond donors (Lipinski definition) is 3. The van der Waals surface area contributed by atoms with Crippen molar-refractivity contribution in [2.45, 2.75) is 65.0 Å². The van der Waals surface area contributed by atoms with Crippen LogP contribution in [0, 0.1) is 16.7 Å². The van der Waals surface area contributed by atoms with Gasteiger partial charge in [0.25, 0.3) is 0 Å². The first kappa shape index (κ1) is 21.0. The standard InChI is InChI=1S/C22H30N6O/c1-4-15-9-16(13-24-12-15)7-8-25-21-26-14-17(11-23)20(28-21)27-18-5-6-19(29)22(2,3)10-18/h9,12-14,18-19,29H,4-8,10H2,1-3H3,(H2,25,26,27,28)/t18-,19+/m1/s1. The summed E-state index contributed by atoms with van der Waals surface area (Å²) in [6.07, 6.45) is 9.25. The van der Waals surface area contributed by atoms with Gasteiger partial charge >= 0.3 is 0 Å². The van der Waals surface area contributed by atoms with Gasteiger partial charge in [0.15, 0.2) is 0 Å². The van der Waals surface area contributed by atoms with Gasteiger partial charge in [0.1, 0.15) is 17.5 Å². The molecule has 7 heteroatoms. The summed E-state index contributed by atoms with van der Waals surface area (Å²) in [4.78, 5) is 13.1. The SMILES string of the molecule is CCc1cncc(CCNc2ncc(C#N)c(N[C@@H]3CC[C@H](O)C(C)(C)C3)n2)c1. The lowest BCUT2D eigenvalue weighted by Crippen LogP contribution is -2.41. The van der Waals surface area contributed by atoms with Crippen molar-refractivity contribution in [3.05, 3.63) is 41.3 Å². The molecule has 0 unspecified atom stereocenters. The van der Waals surface area contributed by atoms with Gasteiger partial charge in [-0.15, -0.1) is 0 Å². The zero-order valence-electron chi connectivity index (χ0n) is 17.4. The van der Waals surface area contributed by atoms with Crippen LogP contribution < -0.4 is 10.6 Å². The molecular formula is C22H30N6O. The number of aryl methyl sites for hydroxylation is 1. The number of anilines is 2. The molecule has 0 amide bonds.